The third-order valence-corrected chi connectivity index (χ3v) is 2.31. The van der Waals surface area contributed by atoms with Gasteiger partial charge in [-0.05, 0) is 19.1 Å². The van der Waals surface area contributed by atoms with Crippen molar-refractivity contribution in [1.82, 2.24) is 0 Å². The lowest BCUT2D eigenvalue weighted by Crippen LogP contribution is -2.26. The van der Waals surface area contributed by atoms with Crippen LogP contribution in [0.3, 0.4) is 0 Å². The minimum Gasteiger partial charge on any atom is -0.392 e. The van der Waals surface area contributed by atoms with E-state index in [2.05, 4.69) is 0 Å². The van der Waals surface area contributed by atoms with Gasteiger partial charge >= 0.3 is 0 Å². The van der Waals surface area contributed by atoms with E-state index < -0.39 is 11.0 Å². The number of carbonyl (C=O) groups excluding carboxylic acids is 1. The van der Waals surface area contributed by atoms with Crippen molar-refractivity contribution in [2.75, 3.05) is 18.5 Å². The van der Waals surface area contributed by atoms with Gasteiger partial charge in [0.15, 0.2) is 6.29 Å². The van der Waals surface area contributed by atoms with E-state index in [4.69, 9.17) is 0 Å². The van der Waals surface area contributed by atoms with Crippen LogP contribution in [-0.2, 0) is 0 Å². The predicted molar refractivity (Wildman–Crippen MR) is 63.4 cm³/mol. The monoisotopic (exact) mass is 238 g/mol. The van der Waals surface area contributed by atoms with Gasteiger partial charge in [-0.15, -0.1) is 0 Å². The van der Waals surface area contributed by atoms with Crippen molar-refractivity contribution in [3.63, 3.8) is 0 Å². The Morgan fingerprint density at radius 2 is 2.24 bits per heavy atom. The van der Waals surface area contributed by atoms with Crippen LogP contribution < -0.4 is 4.90 Å². The smallest absolute Gasteiger partial charge is 0.280 e. The summed E-state index contributed by atoms with van der Waals surface area (Å²) in [4.78, 5) is 22.5. The van der Waals surface area contributed by atoms with Gasteiger partial charge in [0.2, 0.25) is 0 Å². The van der Waals surface area contributed by atoms with E-state index >= 15 is 0 Å². The molecular weight excluding hydrogens is 224 g/mol. The van der Waals surface area contributed by atoms with E-state index in [1.54, 1.807) is 24.9 Å². The molecule has 6 heteroatoms. The number of aldehydes is 1. The number of rotatable bonds is 5. The zero-order chi connectivity index (χ0) is 13.0. The molecule has 0 bridgehead atoms. The third-order valence-electron chi connectivity index (χ3n) is 2.31. The number of likely N-dealkylation sites (N-methyl/N-ethyl adjacent to an activating group) is 1. The number of nitrogens with zero attached hydrogens (tertiary/aromatic N) is 2. The highest BCUT2D eigenvalue weighted by Gasteiger charge is 2.15. The molecule has 17 heavy (non-hydrogen) atoms. The van der Waals surface area contributed by atoms with Crippen LogP contribution in [0.25, 0.3) is 0 Å². The van der Waals surface area contributed by atoms with Crippen LogP contribution in [0.2, 0.25) is 0 Å². The van der Waals surface area contributed by atoms with E-state index in [1.165, 1.54) is 12.1 Å². The molecule has 0 saturated heterocycles. The number of hydrogen-bond donors (Lipinski definition) is 1. The zero-order valence-electron chi connectivity index (χ0n) is 9.66. The van der Waals surface area contributed by atoms with Crippen LogP contribution >= 0.6 is 0 Å². The van der Waals surface area contributed by atoms with Gasteiger partial charge in [-0.3, -0.25) is 14.9 Å². The summed E-state index contributed by atoms with van der Waals surface area (Å²) in [7, 11) is 1.74. The Morgan fingerprint density at radius 1 is 1.59 bits per heavy atom. The maximum absolute atomic E-state index is 10.8. The second-order valence-electron chi connectivity index (χ2n) is 3.85. The zero-order valence-corrected chi connectivity index (χ0v) is 9.66. The van der Waals surface area contributed by atoms with Gasteiger partial charge in [0.05, 0.1) is 16.6 Å². The van der Waals surface area contributed by atoms with E-state index in [0.29, 0.717) is 18.5 Å². The molecule has 1 rings (SSSR count). The Kier molecular flexibility index (Phi) is 4.17. The molecule has 0 aliphatic heterocycles. The van der Waals surface area contributed by atoms with Gasteiger partial charge in [0.25, 0.3) is 5.69 Å². The Balaban J connectivity index is 3.05. The van der Waals surface area contributed by atoms with Crippen molar-refractivity contribution >= 4 is 17.7 Å². The molecular formula is C11H14N2O4. The van der Waals surface area contributed by atoms with E-state index in [9.17, 15) is 20.0 Å². The number of hydrogen-bond acceptors (Lipinski definition) is 5. The maximum atomic E-state index is 10.8. The fraction of sp³-hybridized carbons (Fsp3) is 0.364. The summed E-state index contributed by atoms with van der Waals surface area (Å²) in [6.45, 7) is 2.03. The Labute approximate surface area is 98.6 Å². The second-order valence-corrected chi connectivity index (χ2v) is 3.85. The topological polar surface area (TPSA) is 83.7 Å². The van der Waals surface area contributed by atoms with Crippen molar-refractivity contribution in [3.8, 4) is 0 Å². The quantitative estimate of drug-likeness (QED) is 0.473. The van der Waals surface area contributed by atoms with Crippen LogP contribution in [0.15, 0.2) is 18.2 Å². The number of anilines is 1. The molecule has 0 fully saturated rings. The van der Waals surface area contributed by atoms with Gasteiger partial charge in [-0.25, -0.2) is 0 Å². The van der Waals surface area contributed by atoms with Crippen LogP contribution in [0.4, 0.5) is 11.4 Å². The molecule has 0 aliphatic rings. The molecule has 0 spiro atoms. The SMILES string of the molecule is CC(O)CN(C)c1ccc([N+](=O)[O-])c(C=O)c1. The van der Waals surface area contributed by atoms with Crippen molar-refractivity contribution in [3.05, 3.63) is 33.9 Å². The number of aliphatic hydroxyl groups is 1. The minimum absolute atomic E-state index is 0.0324. The molecule has 0 aromatic heterocycles. The standard InChI is InChI=1S/C11H14N2O4/c1-8(15)6-12(2)10-3-4-11(13(16)17)9(5-10)7-14/h3-5,7-8,15H,6H2,1-2H3. The van der Waals surface area contributed by atoms with Crippen molar-refractivity contribution in [2.45, 2.75) is 13.0 Å². The van der Waals surface area contributed by atoms with Crippen molar-refractivity contribution in [1.29, 1.82) is 0 Å². The van der Waals surface area contributed by atoms with E-state index in [0.717, 1.165) is 0 Å². The van der Waals surface area contributed by atoms with Crippen LogP contribution in [0.1, 0.15) is 17.3 Å². The number of nitro benzene ring substituents is 1. The molecule has 0 aliphatic carbocycles. The van der Waals surface area contributed by atoms with Crippen LogP contribution in [0, 0.1) is 10.1 Å². The highest BCUT2D eigenvalue weighted by molar-refractivity contribution is 5.83. The third kappa shape index (κ3) is 3.25. The largest absolute Gasteiger partial charge is 0.392 e. The predicted octanol–water partition coefficient (Wildman–Crippen LogP) is 1.22. The van der Waals surface area contributed by atoms with Gasteiger partial charge in [0.1, 0.15) is 0 Å². The van der Waals surface area contributed by atoms with E-state index in [-0.39, 0.29) is 11.3 Å². The first-order chi connectivity index (χ1) is 7.95. The first-order valence-electron chi connectivity index (χ1n) is 5.08. The lowest BCUT2D eigenvalue weighted by molar-refractivity contribution is -0.385. The summed E-state index contributed by atoms with van der Waals surface area (Å²) in [5, 5.41) is 19.9. The summed E-state index contributed by atoms with van der Waals surface area (Å²) < 4.78 is 0. The molecule has 92 valence electrons. The first kappa shape index (κ1) is 13.1. The molecule has 0 amide bonds. The average molecular weight is 238 g/mol. The van der Waals surface area contributed by atoms with Crippen molar-refractivity contribution < 1.29 is 14.8 Å². The summed E-state index contributed by atoms with van der Waals surface area (Å²) in [6, 6.07) is 4.28. The molecule has 0 radical (unpaired) electrons. The summed E-state index contributed by atoms with van der Waals surface area (Å²) in [5.41, 5.74) is 0.470. The van der Waals surface area contributed by atoms with Crippen LogP contribution in [-0.4, -0.2) is 36.0 Å². The lowest BCUT2D eigenvalue weighted by atomic mass is 10.1. The normalized spacial score (nSPS) is 11.9. The Hall–Kier alpha value is -1.95. The second kappa shape index (κ2) is 5.40. The molecule has 1 atom stereocenters. The highest BCUT2D eigenvalue weighted by atomic mass is 16.6. The molecule has 1 aromatic rings. The molecule has 1 N–H and O–H groups in total. The Bertz CT molecular complexity index is 431. The van der Waals surface area contributed by atoms with Gasteiger partial charge in [-0.2, -0.15) is 0 Å². The summed E-state index contributed by atoms with van der Waals surface area (Å²) in [6.07, 6.45) is -0.0624. The maximum Gasteiger partial charge on any atom is 0.280 e. The molecule has 1 unspecified atom stereocenters. The minimum atomic E-state index is -0.595. The molecule has 6 nitrogen and oxygen atoms in total. The molecule has 0 saturated carbocycles. The fourth-order valence-corrected chi connectivity index (χ4v) is 1.54. The number of carbonyl (C=O) groups is 1. The Morgan fingerprint density at radius 3 is 2.71 bits per heavy atom. The average Bonchev–Trinajstić information content (AvgIpc) is 2.27. The summed E-state index contributed by atoms with van der Waals surface area (Å²) >= 11 is 0. The molecule has 1 aromatic carbocycles. The highest BCUT2D eigenvalue weighted by Crippen LogP contribution is 2.23. The number of aliphatic hydroxyl groups excluding tert-OH is 1. The van der Waals surface area contributed by atoms with Crippen LogP contribution in [0.5, 0.6) is 0 Å². The number of nitro groups is 1. The first-order valence-corrected chi connectivity index (χ1v) is 5.08. The van der Waals surface area contributed by atoms with E-state index in [1.807, 2.05) is 0 Å². The lowest BCUT2D eigenvalue weighted by Gasteiger charge is -2.20. The molecule has 0 heterocycles. The van der Waals surface area contributed by atoms with Gasteiger partial charge < -0.3 is 10.0 Å². The van der Waals surface area contributed by atoms with Gasteiger partial charge in [0, 0.05) is 25.3 Å². The van der Waals surface area contributed by atoms with Gasteiger partial charge in [-0.1, -0.05) is 0 Å². The number of benzene rings is 1. The van der Waals surface area contributed by atoms with Crippen molar-refractivity contribution in [2.24, 2.45) is 0 Å². The fourth-order valence-electron chi connectivity index (χ4n) is 1.54. The summed E-state index contributed by atoms with van der Waals surface area (Å²) in [5.74, 6) is 0.